The number of nitrogens with one attached hydrogen (secondary N) is 2. The molecule has 0 aliphatic heterocycles. The van der Waals surface area contributed by atoms with Gasteiger partial charge in [0.05, 0.1) is 0 Å². The van der Waals surface area contributed by atoms with Crippen LogP contribution in [0.1, 0.15) is 18.4 Å². The molecule has 1 fully saturated rings. The molecule has 0 aromatic heterocycles. The van der Waals surface area contributed by atoms with Gasteiger partial charge in [0, 0.05) is 12.6 Å². The first-order valence-electron chi connectivity index (χ1n) is 5.53. The molecule has 4 heteroatoms. The highest BCUT2D eigenvalue weighted by Crippen LogP contribution is 2.18. The summed E-state index contributed by atoms with van der Waals surface area (Å²) in [6, 6.07) is 7.23. The molecule has 0 atom stereocenters. The van der Waals surface area contributed by atoms with Gasteiger partial charge in [0.25, 0.3) is 0 Å². The van der Waals surface area contributed by atoms with E-state index >= 15 is 0 Å². The molecule has 1 aliphatic carbocycles. The molecule has 0 saturated heterocycles. The lowest BCUT2D eigenvalue weighted by molar-refractivity contribution is 0.625. The standard InChI is InChI=1S/C12H15FN2S/c13-10-3-1-2-9(8-10)6-7-14-12(16)15-11-4-5-11/h1-3,8,11H,4-7H2,(H2,14,15,16). The van der Waals surface area contributed by atoms with Crippen LogP contribution >= 0.6 is 12.2 Å². The average molecular weight is 238 g/mol. The highest BCUT2D eigenvalue weighted by atomic mass is 32.1. The summed E-state index contributed by atoms with van der Waals surface area (Å²) < 4.78 is 12.9. The Bertz CT molecular complexity index is 377. The van der Waals surface area contributed by atoms with E-state index in [2.05, 4.69) is 10.6 Å². The Morgan fingerprint density at radius 3 is 2.94 bits per heavy atom. The molecule has 0 unspecified atom stereocenters. The smallest absolute Gasteiger partial charge is 0.166 e. The highest BCUT2D eigenvalue weighted by molar-refractivity contribution is 7.80. The van der Waals surface area contributed by atoms with Crippen LogP contribution in [0.25, 0.3) is 0 Å². The Morgan fingerprint density at radius 1 is 1.44 bits per heavy atom. The highest BCUT2D eigenvalue weighted by Gasteiger charge is 2.21. The zero-order valence-corrected chi connectivity index (χ0v) is 9.82. The summed E-state index contributed by atoms with van der Waals surface area (Å²) in [4.78, 5) is 0. The number of rotatable bonds is 4. The monoisotopic (exact) mass is 238 g/mol. The van der Waals surface area contributed by atoms with Crippen molar-refractivity contribution in [1.29, 1.82) is 0 Å². The van der Waals surface area contributed by atoms with Crippen LogP contribution in [0.3, 0.4) is 0 Å². The van der Waals surface area contributed by atoms with Crippen LogP contribution in [0, 0.1) is 5.82 Å². The van der Waals surface area contributed by atoms with Gasteiger partial charge in [-0.2, -0.15) is 0 Å². The molecule has 1 saturated carbocycles. The van der Waals surface area contributed by atoms with Gasteiger partial charge in [-0.3, -0.25) is 0 Å². The second kappa shape index (κ2) is 5.25. The van der Waals surface area contributed by atoms with Crippen LogP contribution in [0.15, 0.2) is 24.3 Å². The average Bonchev–Trinajstić information content (AvgIpc) is 3.02. The van der Waals surface area contributed by atoms with Crippen molar-refractivity contribution in [1.82, 2.24) is 10.6 Å². The van der Waals surface area contributed by atoms with Crippen LogP contribution in [0.4, 0.5) is 4.39 Å². The summed E-state index contributed by atoms with van der Waals surface area (Å²) in [6.07, 6.45) is 3.21. The quantitative estimate of drug-likeness (QED) is 0.785. The van der Waals surface area contributed by atoms with E-state index in [4.69, 9.17) is 12.2 Å². The maximum atomic E-state index is 12.9. The summed E-state index contributed by atoms with van der Waals surface area (Å²) in [5, 5.41) is 7.02. The number of hydrogen-bond donors (Lipinski definition) is 2. The van der Waals surface area contributed by atoms with E-state index in [1.165, 1.54) is 18.9 Å². The normalized spacial score (nSPS) is 14.6. The summed E-state index contributed by atoms with van der Waals surface area (Å²) in [7, 11) is 0. The first-order chi connectivity index (χ1) is 7.74. The molecule has 1 aromatic rings. The van der Waals surface area contributed by atoms with Crippen LogP contribution in [-0.4, -0.2) is 17.7 Å². The van der Waals surface area contributed by atoms with Crippen molar-refractivity contribution in [3.63, 3.8) is 0 Å². The zero-order chi connectivity index (χ0) is 11.4. The molecular weight excluding hydrogens is 223 g/mol. The van der Waals surface area contributed by atoms with E-state index in [1.54, 1.807) is 12.1 Å². The van der Waals surface area contributed by atoms with Gasteiger partial charge in [0.2, 0.25) is 0 Å². The predicted molar refractivity (Wildman–Crippen MR) is 66.9 cm³/mol. The lowest BCUT2D eigenvalue weighted by atomic mass is 10.1. The van der Waals surface area contributed by atoms with Crippen molar-refractivity contribution in [3.8, 4) is 0 Å². The van der Waals surface area contributed by atoms with Crippen LogP contribution in [0.2, 0.25) is 0 Å². The molecular formula is C12H15FN2S. The van der Waals surface area contributed by atoms with Crippen LogP contribution < -0.4 is 10.6 Å². The Balaban J connectivity index is 1.68. The van der Waals surface area contributed by atoms with Crippen molar-refractivity contribution in [2.45, 2.75) is 25.3 Å². The van der Waals surface area contributed by atoms with Crippen LogP contribution in [0.5, 0.6) is 0 Å². The van der Waals surface area contributed by atoms with Gasteiger partial charge in [0.1, 0.15) is 5.82 Å². The van der Waals surface area contributed by atoms with E-state index in [-0.39, 0.29) is 5.82 Å². The maximum Gasteiger partial charge on any atom is 0.166 e. The molecule has 16 heavy (non-hydrogen) atoms. The summed E-state index contributed by atoms with van der Waals surface area (Å²) in [6.45, 7) is 0.738. The lowest BCUT2D eigenvalue weighted by Gasteiger charge is -2.09. The Morgan fingerprint density at radius 2 is 2.25 bits per heavy atom. The predicted octanol–water partition coefficient (Wildman–Crippen LogP) is 1.99. The Kier molecular flexibility index (Phi) is 3.72. The van der Waals surface area contributed by atoms with Gasteiger partial charge in [-0.05, 0) is 49.2 Å². The van der Waals surface area contributed by atoms with Gasteiger partial charge in [-0.1, -0.05) is 12.1 Å². The molecule has 0 amide bonds. The van der Waals surface area contributed by atoms with Crippen molar-refractivity contribution in [3.05, 3.63) is 35.6 Å². The fraction of sp³-hybridized carbons (Fsp3) is 0.417. The van der Waals surface area contributed by atoms with Crippen molar-refractivity contribution >= 4 is 17.3 Å². The van der Waals surface area contributed by atoms with Gasteiger partial charge in [-0.25, -0.2) is 4.39 Å². The Hall–Kier alpha value is -1.16. The Labute approximate surface area is 100 Å². The number of hydrogen-bond acceptors (Lipinski definition) is 1. The SMILES string of the molecule is Fc1cccc(CCNC(=S)NC2CC2)c1. The lowest BCUT2D eigenvalue weighted by Crippen LogP contribution is -2.37. The second-order valence-electron chi connectivity index (χ2n) is 4.05. The topological polar surface area (TPSA) is 24.1 Å². The molecule has 0 spiro atoms. The summed E-state index contributed by atoms with van der Waals surface area (Å²) in [5.41, 5.74) is 0.988. The molecule has 2 N–H and O–H groups in total. The molecule has 86 valence electrons. The third kappa shape index (κ3) is 3.77. The fourth-order valence-corrected chi connectivity index (χ4v) is 1.75. The minimum Gasteiger partial charge on any atom is -0.362 e. The molecule has 0 radical (unpaired) electrons. The van der Waals surface area contributed by atoms with E-state index in [0.29, 0.717) is 11.2 Å². The van der Waals surface area contributed by atoms with E-state index in [1.807, 2.05) is 6.07 Å². The molecule has 2 rings (SSSR count). The van der Waals surface area contributed by atoms with Crippen LogP contribution in [-0.2, 0) is 6.42 Å². The van der Waals surface area contributed by atoms with E-state index in [9.17, 15) is 4.39 Å². The summed E-state index contributed by atoms with van der Waals surface area (Å²) >= 11 is 5.12. The van der Waals surface area contributed by atoms with Gasteiger partial charge in [-0.15, -0.1) is 0 Å². The largest absolute Gasteiger partial charge is 0.362 e. The van der Waals surface area contributed by atoms with Crippen molar-refractivity contribution in [2.24, 2.45) is 0 Å². The summed E-state index contributed by atoms with van der Waals surface area (Å²) in [5.74, 6) is -0.184. The first kappa shape index (κ1) is 11.3. The van der Waals surface area contributed by atoms with Crippen molar-refractivity contribution in [2.75, 3.05) is 6.54 Å². The molecule has 2 nitrogen and oxygen atoms in total. The maximum absolute atomic E-state index is 12.9. The minimum atomic E-state index is -0.184. The third-order valence-corrected chi connectivity index (χ3v) is 2.76. The fourth-order valence-electron chi connectivity index (χ4n) is 1.48. The van der Waals surface area contributed by atoms with Gasteiger partial charge in [0.15, 0.2) is 5.11 Å². The zero-order valence-electron chi connectivity index (χ0n) is 9.00. The second-order valence-corrected chi connectivity index (χ2v) is 4.46. The van der Waals surface area contributed by atoms with Gasteiger partial charge < -0.3 is 10.6 Å². The molecule has 1 aliphatic rings. The third-order valence-electron chi connectivity index (χ3n) is 2.50. The van der Waals surface area contributed by atoms with Crippen molar-refractivity contribution < 1.29 is 4.39 Å². The van der Waals surface area contributed by atoms with E-state index in [0.717, 1.165) is 18.5 Å². The molecule has 1 aromatic carbocycles. The minimum absolute atomic E-state index is 0.184. The van der Waals surface area contributed by atoms with Gasteiger partial charge >= 0.3 is 0 Å². The van der Waals surface area contributed by atoms with E-state index < -0.39 is 0 Å². The molecule has 0 heterocycles. The molecule has 0 bridgehead atoms. The number of benzene rings is 1. The number of halogens is 1. The first-order valence-corrected chi connectivity index (χ1v) is 5.94. The number of thiocarbonyl (C=S) groups is 1.